The highest BCUT2D eigenvalue weighted by atomic mass is 32.1. The van der Waals surface area contributed by atoms with Crippen LogP contribution in [0.15, 0.2) is 52.5 Å². The number of thiazole rings is 1. The van der Waals surface area contributed by atoms with Crippen molar-refractivity contribution in [2.75, 3.05) is 18.0 Å². The van der Waals surface area contributed by atoms with Crippen molar-refractivity contribution in [3.8, 4) is 22.2 Å². The number of nitrogens with zero attached hydrogens (tertiary/aromatic N) is 4. The van der Waals surface area contributed by atoms with Crippen molar-refractivity contribution in [3.63, 3.8) is 0 Å². The summed E-state index contributed by atoms with van der Waals surface area (Å²) in [7, 11) is 0. The number of ether oxygens (including phenoxy) is 1. The van der Waals surface area contributed by atoms with Crippen molar-refractivity contribution in [2.24, 2.45) is 0 Å². The van der Waals surface area contributed by atoms with Crippen LogP contribution in [-0.4, -0.2) is 40.1 Å². The molecule has 1 N–H and O–H groups in total. The number of piperidine rings is 1. The zero-order valence-electron chi connectivity index (χ0n) is 14.9. The maximum atomic E-state index is 6.26. The number of pyridine rings is 1. The minimum Gasteiger partial charge on any atom is -0.437 e. The van der Waals surface area contributed by atoms with Gasteiger partial charge in [0.15, 0.2) is 16.8 Å². The van der Waals surface area contributed by atoms with E-state index in [2.05, 4.69) is 20.2 Å². The Morgan fingerprint density at radius 2 is 2.00 bits per heavy atom. The van der Waals surface area contributed by atoms with Gasteiger partial charge in [0.2, 0.25) is 5.88 Å². The lowest BCUT2D eigenvalue weighted by molar-refractivity contribution is 0.220. The first-order valence-corrected chi connectivity index (χ1v) is 10.1. The molecule has 28 heavy (non-hydrogen) atoms. The molecule has 2 unspecified atom stereocenters. The summed E-state index contributed by atoms with van der Waals surface area (Å²) in [5.41, 5.74) is 2.32. The molecule has 3 saturated heterocycles. The molecule has 7 nitrogen and oxygen atoms in total. The molecule has 0 amide bonds. The Hall–Kier alpha value is -2.97. The molecule has 0 spiro atoms. The highest BCUT2D eigenvalue weighted by Gasteiger charge is 2.38. The predicted molar refractivity (Wildman–Crippen MR) is 107 cm³/mol. The molecule has 3 aliphatic heterocycles. The van der Waals surface area contributed by atoms with Gasteiger partial charge in [-0.3, -0.25) is 0 Å². The third-order valence-corrected chi connectivity index (χ3v) is 6.01. The van der Waals surface area contributed by atoms with Gasteiger partial charge in [-0.1, -0.05) is 6.07 Å². The normalized spacial score (nSPS) is 20.9. The first kappa shape index (κ1) is 16.0. The largest absolute Gasteiger partial charge is 0.437 e. The fraction of sp³-hybridized carbons (Fsp3) is 0.250. The molecule has 4 aromatic rings. The second-order valence-electron chi connectivity index (χ2n) is 7.09. The smallest absolute Gasteiger partial charge is 0.298 e. The summed E-state index contributed by atoms with van der Waals surface area (Å²) < 4.78 is 12.3. The molecule has 6 heterocycles. The average Bonchev–Trinajstić information content (AvgIpc) is 3.39. The molecule has 0 saturated carbocycles. The molecule has 0 aliphatic carbocycles. The second kappa shape index (κ2) is 6.29. The van der Waals surface area contributed by atoms with Gasteiger partial charge in [-0.15, -0.1) is 11.3 Å². The molecule has 8 heteroatoms. The van der Waals surface area contributed by atoms with Crippen LogP contribution in [0.4, 0.5) is 6.01 Å². The lowest BCUT2D eigenvalue weighted by atomic mass is 9.92. The summed E-state index contributed by atoms with van der Waals surface area (Å²) in [5, 5.41) is 6.40. The monoisotopic (exact) mass is 391 g/mol. The van der Waals surface area contributed by atoms with Gasteiger partial charge in [-0.05, 0) is 24.6 Å². The summed E-state index contributed by atoms with van der Waals surface area (Å²) in [4.78, 5) is 15.7. The first-order chi connectivity index (χ1) is 13.8. The maximum Gasteiger partial charge on any atom is 0.298 e. The van der Waals surface area contributed by atoms with Crippen LogP contribution in [0.1, 0.15) is 6.42 Å². The average molecular weight is 391 g/mol. The fourth-order valence-electron chi connectivity index (χ4n) is 3.90. The van der Waals surface area contributed by atoms with Crippen molar-refractivity contribution in [3.05, 3.63) is 48.1 Å². The summed E-state index contributed by atoms with van der Waals surface area (Å²) in [6.45, 7) is 1.82. The topological polar surface area (TPSA) is 76.3 Å². The Kier molecular flexibility index (Phi) is 3.60. The second-order valence-corrected chi connectivity index (χ2v) is 7.99. The summed E-state index contributed by atoms with van der Waals surface area (Å²) in [6.07, 6.45) is 4.73. The highest BCUT2D eigenvalue weighted by molar-refractivity contribution is 7.13. The standard InChI is InChI=1S/C20H17N5O2S/c1-2-6-21-16(3-1)26-15-5-4-14(19-22-7-8-28-19)18-17(15)24-20(27-18)25-10-12-9-13(11-25)23-12/h1-8,12-13,23H,9-11H2. The third-order valence-electron chi connectivity index (χ3n) is 5.20. The van der Waals surface area contributed by atoms with Gasteiger partial charge >= 0.3 is 0 Å². The van der Waals surface area contributed by atoms with E-state index in [0.717, 1.165) is 23.7 Å². The number of fused-ring (bicyclic) bond motifs is 3. The molecule has 3 aliphatic rings. The van der Waals surface area contributed by atoms with E-state index in [-0.39, 0.29) is 0 Å². The number of hydrogen-bond donors (Lipinski definition) is 1. The van der Waals surface area contributed by atoms with Crippen LogP contribution in [-0.2, 0) is 0 Å². The first-order valence-electron chi connectivity index (χ1n) is 9.27. The number of piperazine rings is 1. The molecule has 0 radical (unpaired) electrons. The molecule has 1 aromatic carbocycles. The number of benzene rings is 1. The SMILES string of the molecule is c1ccc(Oc2ccc(-c3nccs3)c3oc(N4CC5CC(C4)N5)nc23)nc1. The van der Waals surface area contributed by atoms with E-state index in [9.17, 15) is 0 Å². The third kappa shape index (κ3) is 2.64. The number of rotatable bonds is 4. The number of nitrogens with one attached hydrogen (secondary N) is 1. The van der Waals surface area contributed by atoms with E-state index in [1.165, 1.54) is 6.42 Å². The van der Waals surface area contributed by atoms with Crippen LogP contribution in [0.25, 0.3) is 21.7 Å². The Morgan fingerprint density at radius 1 is 1.11 bits per heavy atom. The lowest BCUT2D eigenvalue weighted by Gasteiger charge is -2.47. The minimum absolute atomic E-state index is 0.524. The van der Waals surface area contributed by atoms with Crippen molar-refractivity contribution in [1.29, 1.82) is 0 Å². The molecular weight excluding hydrogens is 374 g/mol. The van der Waals surface area contributed by atoms with Gasteiger partial charge in [0.05, 0.1) is 5.56 Å². The van der Waals surface area contributed by atoms with Gasteiger partial charge in [0.1, 0.15) is 5.01 Å². The van der Waals surface area contributed by atoms with E-state index >= 15 is 0 Å². The van der Waals surface area contributed by atoms with E-state index in [0.29, 0.717) is 40.8 Å². The minimum atomic E-state index is 0.524. The molecule has 2 bridgehead atoms. The van der Waals surface area contributed by atoms with E-state index in [1.807, 2.05) is 35.7 Å². The van der Waals surface area contributed by atoms with Crippen LogP contribution in [0, 0.1) is 0 Å². The van der Waals surface area contributed by atoms with Crippen LogP contribution in [0.3, 0.4) is 0 Å². The molecule has 140 valence electrons. The van der Waals surface area contributed by atoms with Gasteiger partial charge < -0.3 is 19.4 Å². The number of anilines is 1. The van der Waals surface area contributed by atoms with Crippen LogP contribution in [0.2, 0.25) is 0 Å². The summed E-state index contributed by atoms with van der Waals surface area (Å²) >= 11 is 1.58. The molecular formula is C20H17N5O2S. The van der Waals surface area contributed by atoms with Crippen LogP contribution in [0.5, 0.6) is 11.6 Å². The quantitative estimate of drug-likeness (QED) is 0.568. The molecule has 3 aromatic heterocycles. The Balaban J connectivity index is 1.46. The van der Waals surface area contributed by atoms with Gasteiger partial charge in [-0.2, -0.15) is 4.98 Å². The van der Waals surface area contributed by atoms with Crippen molar-refractivity contribution in [2.45, 2.75) is 18.5 Å². The predicted octanol–water partition coefficient (Wildman–Crippen LogP) is 3.69. The Labute approximate surface area is 165 Å². The number of oxazole rings is 1. The number of aromatic nitrogens is 3. The van der Waals surface area contributed by atoms with Gasteiger partial charge in [-0.25, -0.2) is 9.97 Å². The Bertz CT molecular complexity index is 1110. The highest BCUT2D eigenvalue weighted by Crippen LogP contribution is 2.39. The van der Waals surface area contributed by atoms with E-state index in [1.54, 1.807) is 23.7 Å². The van der Waals surface area contributed by atoms with E-state index < -0.39 is 0 Å². The van der Waals surface area contributed by atoms with Crippen molar-refractivity contribution in [1.82, 2.24) is 20.3 Å². The fourth-order valence-corrected chi connectivity index (χ4v) is 4.56. The number of hydrogen-bond acceptors (Lipinski definition) is 8. The molecule has 7 rings (SSSR count). The zero-order valence-corrected chi connectivity index (χ0v) is 15.7. The van der Waals surface area contributed by atoms with E-state index in [4.69, 9.17) is 14.1 Å². The van der Waals surface area contributed by atoms with Crippen LogP contribution < -0.4 is 15.0 Å². The molecule has 2 atom stereocenters. The van der Waals surface area contributed by atoms with Gasteiger partial charge in [0, 0.05) is 49.0 Å². The lowest BCUT2D eigenvalue weighted by Crippen LogP contribution is -2.67. The zero-order chi connectivity index (χ0) is 18.5. The summed E-state index contributed by atoms with van der Waals surface area (Å²) in [6, 6.07) is 11.2. The molecule has 3 fully saturated rings. The summed E-state index contributed by atoms with van der Waals surface area (Å²) in [5.74, 6) is 1.16. The van der Waals surface area contributed by atoms with Crippen LogP contribution >= 0.6 is 11.3 Å². The Morgan fingerprint density at radius 3 is 2.75 bits per heavy atom. The van der Waals surface area contributed by atoms with Crippen molar-refractivity contribution < 1.29 is 9.15 Å². The van der Waals surface area contributed by atoms with Crippen molar-refractivity contribution >= 4 is 28.5 Å². The van der Waals surface area contributed by atoms with Gasteiger partial charge in [0.25, 0.3) is 6.01 Å². The maximum absolute atomic E-state index is 6.26.